The highest BCUT2D eigenvalue weighted by molar-refractivity contribution is 8.93. The molecule has 0 saturated carbocycles. The Hall–Kier alpha value is -0.240. The van der Waals surface area contributed by atoms with Gasteiger partial charge in [-0.05, 0) is 18.7 Å². The van der Waals surface area contributed by atoms with E-state index in [1.54, 1.807) is 0 Å². The van der Waals surface area contributed by atoms with Gasteiger partial charge in [-0.2, -0.15) is 0 Å². The minimum Gasteiger partial charge on any atom is -0.374 e. The van der Waals surface area contributed by atoms with Crippen LogP contribution in [0.1, 0.15) is 13.3 Å². The van der Waals surface area contributed by atoms with Gasteiger partial charge in [0.1, 0.15) is 0 Å². The Morgan fingerprint density at radius 3 is 2.70 bits per heavy atom. The molecule has 0 amide bonds. The van der Waals surface area contributed by atoms with Crippen LogP contribution in [0.5, 0.6) is 0 Å². The monoisotopic (exact) mass is 203 g/mol. The van der Waals surface area contributed by atoms with E-state index in [2.05, 4.69) is 36.3 Å². The summed E-state index contributed by atoms with van der Waals surface area (Å²) in [6, 6.07) is 0. The predicted octanol–water partition coefficient (Wildman–Crippen LogP) is 2.36. The standard InChI is InChI=1S/C8H13N.BrH/c1-2-6-9-7-4-3-5-8-9;/h3-5,7H,2,6,8H2,1H3;1H. The maximum absolute atomic E-state index is 2.31. The van der Waals surface area contributed by atoms with E-state index in [1.807, 2.05) is 0 Å². The van der Waals surface area contributed by atoms with Crippen molar-refractivity contribution >= 4 is 17.0 Å². The van der Waals surface area contributed by atoms with Crippen molar-refractivity contribution in [3.8, 4) is 0 Å². The first kappa shape index (κ1) is 9.76. The van der Waals surface area contributed by atoms with E-state index in [1.165, 1.54) is 13.0 Å². The van der Waals surface area contributed by atoms with Gasteiger partial charge in [0.25, 0.3) is 0 Å². The van der Waals surface area contributed by atoms with E-state index in [4.69, 9.17) is 0 Å². The zero-order chi connectivity index (χ0) is 6.53. The molecule has 1 aliphatic heterocycles. The van der Waals surface area contributed by atoms with Crippen LogP contribution in [-0.4, -0.2) is 18.0 Å². The van der Waals surface area contributed by atoms with Gasteiger partial charge < -0.3 is 4.90 Å². The smallest absolute Gasteiger partial charge is 0.0357 e. The zero-order valence-corrected chi connectivity index (χ0v) is 8.00. The third-order valence-electron chi connectivity index (χ3n) is 1.39. The predicted molar refractivity (Wildman–Crippen MR) is 50.5 cm³/mol. The van der Waals surface area contributed by atoms with Crippen molar-refractivity contribution < 1.29 is 0 Å². The third kappa shape index (κ3) is 3.06. The van der Waals surface area contributed by atoms with Crippen LogP contribution in [0.3, 0.4) is 0 Å². The first-order chi connectivity index (χ1) is 4.43. The topological polar surface area (TPSA) is 3.24 Å². The lowest BCUT2D eigenvalue weighted by Crippen LogP contribution is -2.19. The number of allylic oxidation sites excluding steroid dienone is 2. The molecule has 0 saturated heterocycles. The molecule has 1 rings (SSSR count). The van der Waals surface area contributed by atoms with E-state index in [0.29, 0.717) is 0 Å². The Labute approximate surface area is 73.2 Å². The molecule has 0 radical (unpaired) electrons. The van der Waals surface area contributed by atoms with Gasteiger partial charge >= 0.3 is 0 Å². The van der Waals surface area contributed by atoms with Gasteiger partial charge in [-0.1, -0.05) is 19.1 Å². The molecule has 0 aliphatic carbocycles. The highest BCUT2D eigenvalue weighted by Crippen LogP contribution is 1.98. The molecule has 1 nitrogen and oxygen atoms in total. The lowest BCUT2D eigenvalue weighted by Gasteiger charge is -2.18. The summed E-state index contributed by atoms with van der Waals surface area (Å²) in [6.45, 7) is 4.47. The van der Waals surface area contributed by atoms with Gasteiger partial charge in [-0.25, -0.2) is 0 Å². The second kappa shape index (κ2) is 5.54. The van der Waals surface area contributed by atoms with Crippen molar-refractivity contribution in [3.63, 3.8) is 0 Å². The van der Waals surface area contributed by atoms with Crippen LogP contribution in [0.15, 0.2) is 24.4 Å². The summed E-state index contributed by atoms with van der Waals surface area (Å²) < 4.78 is 0. The fourth-order valence-electron chi connectivity index (χ4n) is 0.960. The maximum atomic E-state index is 2.31. The molecule has 0 atom stereocenters. The van der Waals surface area contributed by atoms with Gasteiger partial charge in [0.2, 0.25) is 0 Å². The molecule has 0 bridgehead atoms. The van der Waals surface area contributed by atoms with E-state index in [0.717, 1.165) is 6.54 Å². The van der Waals surface area contributed by atoms with Crippen LogP contribution in [-0.2, 0) is 0 Å². The normalized spacial score (nSPS) is 15.1. The van der Waals surface area contributed by atoms with Crippen molar-refractivity contribution in [1.82, 2.24) is 4.90 Å². The van der Waals surface area contributed by atoms with E-state index in [9.17, 15) is 0 Å². The molecule has 0 spiro atoms. The average Bonchev–Trinajstić information content (AvgIpc) is 1.91. The Bertz CT molecular complexity index is 129. The van der Waals surface area contributed by atoms with Crippen LogP contribution >= 0.6 is 17.0 Å². The fourth-order valence-corrected chi connectivity index (χ4v) is 0.960. The number of nitrogens with zero attached hydrogens (tertiary/aromatic N) is 1. The Morgan fingerprint density at radius 2 is 2.20 bits per heavy atom. The minimum absolute atomic E-state index is 0. The van der Waals surface area contributed by atoms with E-state index >= 15 is 0 Å². The largest absolute Gasteiger partial charge is 0.374 e. The van der Waals surface area contributed by atoms with Gasteiger partial charge in [0.05, 0.1) is 0 Å². The van der Waals surface area contributed by atoms with Gasteiger partial charge in [-0.3, -0.25) is 0 Å². The zero-order valence-electron chi connectivity index (χ0n) is 6.29. The van der Waals surface area contributed by atoms with Crippen molar-refractivity contribution in [2.75, 3.05) is 13.1 Å². The Kier molecular flexibility index (Phi) is 5.40. The minimum atomic E-state index is 0. The van der Waals surface area contributed by atoms with Gasteiger partial charge in [0.15, 0.2) is 0 Å². The van der Waals surface area contributed by atoms with Crippen molar-refractivity contribution in [2.24, 2.45) is 0 Å². The fraction of sp³-hybridized carbons (Fsp3) is 0.500. The maximum Gasteiger partial charge on any atom is 0.0357 e. The van der Waals surface area contributed by atoms with Gasteiger partial charge in [0, 0.05) is 13.1 Å². The summed E-state index contributed by atoms with van der Waals surface area (Å²) in [6.07, 6.45) is 9.72. The molecular weight excluding hydrogens is 190 g/mol. The molecule has 10 heavy (non-hydrogen) atoms. The van der Waals surface area contributed by atoms with Crippen molar-refractivity contribution in [1.29, 1.82) is 0 Å². The lowest BCUT2D eigenvalue weighted by atomic mass is 10.3. The molecule has 0 aromatic heterocycles. The van der Waals surface area contributed by atoms with E-state index < -0.39 is 0 Å². The summed E-state index contributed by atoms with van der Waals surface area (Å²) in [4.78, 5) is 2.31. The number of hydrogen-bond acceptors (Lipinski definition) is 1. The van der Waals surface area contributed by atoms with Crippen LogP contribution in [0.25, 0.3) is 0 Å². The van der Waals surface area contributed by atoms with Crippen molar-refractivity contribution in [3.05, 3.63) is 24.4 Å². The summed E-state index contributed by atoms with van der Waals surface area (Å²) >= 11 is 0. The second-order valence-corrected chi connectivity index (χ2v) is 2.26. The molecule has 0 N–H and O–H groups in total. The van der Waals surface area contributed by atoms with Crippen molar-refractivity contribution in [2.45, 2.75) is 13.3 Å². The van der Waals surface area contributed by atoms with E-state index in [-0.39, 0.29) is 17.0 Å². The average molecular weight is 204 g/mol. The molecule has 2 heteroatoms. The molecule has 0 fully saturated rings. The first-order valence-corrected chi connectivity index (χ1v) is 3.51. The molecule has 0 unspecified atom stereocenters. The first-order valence-electron chi connectivity index (χ1n) is 3.51. The molecule has 58 valence electrons. The Balaban J connectivity index is 0.000000810. The Morgan fingerprint density at radius 1 is 1.40 bits per heavy atom. The molecule has 0 aromatic carbocycles. The quantitative estimate of drug-likeness (QED) is 0.667. The second-order valence-electron chi connectivity index (χ2n) is 2.26. The molecule has 1 aliphatic rings. The number of rotatable bonds is 2. The third-order valence-corrected chi connectivity index (χ3v) is 1.39. The summed E-state index contributed by atoms with van der Waals surface area (Å²) in [7, 11) is 0. The summed E-state index contributed by atoms with van der Waals surface area (Å²) in [5, 5.41) is 0. The van der Waals surface area contributed by atoms with Crippen LogP contribution < -0.4 is 0 Å². The number of halogens is 1. The molecular formula is C8H14BrN. The van der Waals surface area contributed by atoms with Crippen LogP contribution in [0.2, 0.25) is 0 Å². The van der Waals surface area contributed by atoms with Crippen LogP contribution in [0.4, 0.5) is 0 Å². The van der Waals surface area contributed by atoms with Gasteiger partial charge in [-0.15, -0.1) is 17.0 Å². The lowest BCUT2D eigenvalue weighted by molar-refractivity contribution is 0.411. The summed E-state index contributed by atoms with van der Waals surface area (Å²) in [5.74, 6) is 0. The summed E-state index contributed by atoms with van der Waals surface area (Å²) in [5.41, 5.74) is 0. The SMILES string of the molecule is Br.CCCN1C=CC=CC1. The highest BCUT2D eigenvalue weighted by atomic mass is 79.9. The molecule has 1 heterocycles. The molecule has 0 aromatic rings. The van der Waals surface area contributed by atoms with Crippen LogP contribution in [0, 0.1) is 0 Å². The highest BCUT2D eigenvalue weighted by Gasteiger charge is 1.94. The number of hydrogen-bond donors (Lipinski definition) is 0.